The molecule has 0 amide bonds. The van der Waals surface area contributed by atoms with Crippen LogP contribution in [0.15, 0.2) is 6.20 Å². The summed E-state index contributed by atoms with van der Waals surface area (Å²) in [6.07, 6.45) is 8.03. The van der Waals surface area contributed by atoms with Crippen LogP contribution in [0.5, 0.6) is 0 Å². The van der Waals surface area contributed by atoms with Crippen molar-refractivity contribution in [2.45, 2.75) is 51.5 Å². The molecular formula is C16H27N3O. The Labute approximate surface area is 121 Å². The monoisotopic (exact) mass is 277 g/mol. The summed E-state index contributed by atoms with van der Waals surface area (Å²) >= 11 is 0. The Morgan fingerprint density at radius 1 is 1.25 bits per heavy atom. The first-order valence-electron chi connectivity index (χ1n) is 8.19. The van der Waals surface area contributed by atoms with Crippen molar-refractivity contribution < 1.29 is 5.11 Å². The van der Waals surface area contributed by atoms with Gasteiger partial charge >= 0.3 is 0 Å². The average molecular weight is 277 g/mol. The van der Waals surface area contributed by atoms with Crippen LogP contribution in [0.25, 0.3) is 0 Å². The number of imidazole rings is 1. The average Bonchev–Trinajstić information content (AvgIpc) is 2.91. The lowest BCUT2D eigenvalue weighted by atomic mass is 9.92. The van der Waals surface area contributed by atoms with E-state index in [1.54, 1.807) is 0 Å². The van der Waals surface area contributed by atoms with Gasteiger partial charge in [-0.05, 0) is 51.2 Å². The summed E-state index contributed by atoms with van der Waals surface area (Å²) in [4.78, 5) is 7.21. The number of aliphatic hydroxyl groups excluding tert-OH is 1. The summed E-state index contributed by atoms with van der Waals surface area (Å²) in [7, 11) is 0. The molecule has 2 aliphatic heterocycles. The number of nitrogens with zero attached hydrogens (tertiary/aromatic N) is 3. The van der Waals surface area contributed by atoms with E-state index in [4.69, 9.17) is 0 Å². The second-order valence-corrected chi connectivity index (χ2v) is 6.35. The number of aromatic nitrogens is 2. The first kappa shape index (κ1) is 14.1. The molecule has 0 saturated carbocycles. The Kier molecular flexibility index (Phi) is 4.41. The summed E-state index contributed by atoms with van der Waals surface area (Å²) < 4.78 is 2.39. The maximum atomic E-state index is 9.48. The van der Waals surface area contributed by atoms with Crippen LogP contribution in [0.2, 0.25) is 0 Å². The minimum Gasteiger partial charge on any atom is -0.396 e. The van der Waals surface area contributed by atoms with Crippen LogP contribution in [0, 0.1) is 5.92 Å². The fourth-order valence-corrected chi connectivity index (χ4v) is 3.77. The lowest BCUT2D eigenvalue weighted by Gasteiger charge is -2.31. The molecule has 1 N–H and O–H groups in total. The van der Waals surface area contributed by atoms with Gasteiger partial charge in [-0.1, -0.05) is 6.92 Å². The third kappa shape index (κ3) is 2.77. The summed E-state index contributed by atoms with van der Waals surface area (Å²) in [5.74, 6) is 2.36. The molecule has 0 aromatic carbocycles. The van der Waals surface area contributed by atoms with Crippen molar-refractivity contribution in [2.24, 2.45) is 5.92 Å². The molecule has 1 atom stereocenters. The van der Waals surface area contributed by atoms with Crippen molar-refractivity contribution in [3.63, 3.8) is 0 Å². The SMILES string of the molecule is CCN1CCC(Cc2ncc3n2CCCC3CO)CC1. The summed E-state index contributed by atoms with van der Waals surface area (Å²) in [6, 6.07) is 0. The number of piperidine rings is 1. The molecule has 2 aliphatic rings. The van der Waals surface area contributed by atoms with Crippen LogP contribution in [-0.2, 0) is 13.0 Å². The second-order valence-electron chi connectivity index (χ2n) is 6.35. The minimum atomic E-state index is 0.264. The molecule has 0 aliphatic carbocycles. The molecule has 0 bridgehead atoms. The van der Waals surface area contributed by atoms with Gasteiger partial charge in [0.15, 0.2) is 0 Å². The van der Waals surface area contributed by atoms with Crippen molar-refractivity contribution >= 4 is 0 Å². The molecule has 3 rings (SSSR count). The predicted molar refractivity (Wildman–Crippen MR) is 79.8 cm³/mol. The fraction of sp³-hybridized carbons (Fsp3) is 0.812. The zero-order valence-corrected chi connectivity index (χ0v) is 12.6. The number of rotatable bonds is 4. The zero-order chi connectivity index (χ0) is 13.9. The number of likely N-dealkylation sites (tertiary alicyclic amines) is 1. The highest BCUT2D eigenvalue weighted by Crippen LogP contribution is 2.29. The summed E-state index contributed by atoms with van der Waals surface area (Å²) in [5, 5.41) is 9.48. The van der Waals surface area contributed by atoms with Gasteiger partial charge in [0.25, 0.3) is 0 Å². The Bertz CT molecular complexity index is 435. The Morgan fingerprint density at radius 3 is 2.75 bits per heavy atom. The molecule has 112 valence electrons. The molecule has 0 spiro atoms. The van der Waals surface area contributed by atoms with Crippen molar-refractivity contribution in [1.29, 1.82) is 0 Å². The highest BCUT2D eigenvalue weighted by Gasteiger charge is 2.25. The predicted octanol–water partition coefficient (Wildman–Crippen LogP) is 2.03. The zero-order valence-electron chi connectivity index (χ0n) is 12.6. The molecule has 1 aromatic heterocycles. The van der Waals surface area contributed by atoms with Gasteiger partial charge in [-0.15, -0.1) is 0 Å². The van der Waals surface area contributed by atoms with Gasteiger partial charge in [0.05, 0.1) is 6.61 Å². The van der Waals surface area contributed by atoms with E-state index < -0.39 is 0 Å². The van der Waals surface area contributed by atoms with Gasteiger partial charge in [0, 0.05) is 30.8 Å². The van der Waals surface area contributed by atoms with E-state index in [0.717, 1.165) is 25.3 Å². The second kappa shape index (κ2) is 6.27. The van der Waals surface area contributed by atoms with Gasteiger partial charge in [-0.3, -0.25) is 0 Å². The van der Waals surface area contributed by atoms with Crippen molar-refractivity contribution in [1.82, 2.24) is 14.5 Å². The van der Waals surface area contributed by atoms with Crippen molar-refractivity contribution in [3.8, 4) is 0 Å². The van der Waals surface area contributed by atoms with E-state index in [1.165, 1.54) is 50.4 Å². The van der Waals surface area contributed by atoms with Gasteiger partial charge in [0.2, 0.25) is 0 Å². The first-order valence-corrected chi connectivity index (χ1v) is 8.19. The fourth-order valence-electron chi connectivity index (χ4n) is 3.77. The van der Waals surface area contributed by atoms with E-state index in [2.05, 4.69) is 21.4 Å². The van der Waals surface area contributed by atoms with Crippen molar-refractivity contribution in [3.05, 3.63) is 17.7 Å². The van der Waals surface area contributed by atoms with E-state index >= 15 is 0 Å². The number of hydrogen-bond donors (Lipinski definition) is 1. The molecule has 1 aromatic rings. The van der Waals surface area contributed by atoms with E-state index in [0.29, 0.717) is 5.92 Å². The van der Waals surface area contributed by atoms with Crippen LogP contribution in [0.3, 0.4) is 0 Å². The molecule has 20 heavy (non-hydrogen) atoms. The van der Waals surface area contributed by atoms with Crippen LogP contribution in [0.4, 0.5) is 0 Å². The first-order chi connectivity index (χ1) is 9.81. The minimum absolute atomic E-state index is 0.264. The normalized spacial score (nSPS) is 24.8. The maximum Gasteiger partial charge on any atom is 0.109 e. The summed E-state index contributed by atoms with van der Waals surface area (Å²) in [5.41, 5.74) is 1.26. The van der Waals surface area contributed by atoms with Gasteiger partial charge < -0.3 is 14.6 Å². The lowest BCUT2D eigenvalue weighted by Crippen LogP contribution is -2.34. The molecule has 4 heteroatoms. The standard InChI is InChI=1S/C16H27N3O/c1-2-18-8-5-13(6-9-18)10-16-17-11-15-14(12-20)4-3-7-19(15)16/h11,13-14,20H,2-10,12H2,1H3. The van der Waals surface area contributed by atoms with Crippen LogP contribution in [0.1, 0.15) is 50.0 Å². The molecule has 1 unspecified atom stereocenters. The Morgan fingerprint density at radius 2 is 2.05 bits per heavy atom. The van der Waals surface area contributed by atoms with Crippen LogP contribution in [-0.4, -0.2) is 45.8 Å². The maximum absolute atomic E-state index is 9.48. The van der Waals surface area contributed by atoms with Crippen LogP contribution < -0.4 is 0 Å². The highest BCUT2D eigenvalue weighted by molar-refractivity contribution is 5.14. The van der Waals surface area contributed by atoms with Gasteiger partial charge in [-0.2, -0.15) is 0 Å². The molecular weight excluding hydrogens is 250 g/mol. The number of hydrogen-bond acceptors (Lipinski definition) is 3. The van der Waals surface area contributed by atoms with Crippen LogP contribution >= 0.6 is 0 Å². The van der Waals surface area contributed by atoms with E-state index in [-0.39, 0.29) is 6.61 Å². The van der Waals surface area contributed by atoms with E-state index in [1.807, 2.05) is 6.20 Å². The van der Waals surface area contributed by atoms with Crippen molar-refractivity contribution in [2.75, 3.05) is 26.2 Å². The summed E-state index contributed by atoms with van der Waals surface area (Å²) in [6.45, 7) is 7.28. The molecule has 1 fully saturated rings. The molecule has 4 nitrogen and oxygen atoms in total. The quantitative estimate of drug-likeness (QED) is 0.915. The molecule has 0 radical (unpaired) electrons. The number of aliphatic hydroxyl groups is 1. The van der Waals surface area contributed by atoms with Gasteiger partial charge in [0.1, 0.15) is 5.82 Å². The van der Waals surface area contributed by atoms with Gasteiger partial charge in [-0.25, -0.2) is 4.98 Å². The Hall–Kier alpha value is -0.870. The van der Waals surface area contributed by atoms with E-state index in [9.17, 15) is 5.11 Å². The number of fused-ring (bicyclic) bond motifs is 1. The smallest absolute Gasteiger partial charge is 0.109 e. The molecule has 1 saturated heterocycles. The highest BCUT2D eigenvalue weighted by atomic mass is 16.3. The Balaban J connectivity index is 1.65. The lowest BCUT2D eigenvalue weighted by molar-refractivity contribution is 0.189. The third-order valence-electron chi connectivity index (χ3n) is 5.17. The molecule has 3 heterocycles. The largest absolute Gasteiger partial charge is 0.396 e. The third-order valence-corrected chi connectivity index (χ3v) is 5.17. The topological polar surface area (TPSA) is 41.3 Å².